The zero-order valence-corrected chi connectivity index (χ0v) is 55.7. The van der Waals surface area contributed by atoms with E-state index in [0.717, 1.165) is 57.8 Å². The van der Waals surface area contributed by atoms with Gasteiger partial charge in [-0.25, -0.2) is 0 Å². The first-order valence-electron chi connectivity index (χ1n) is 37.1. The summed E-state index contributed by atoms with van der Waals surface area (Å²) in [4.78, 5) is 24.6. The molecule has 0 rings (SSSR count). The van der Waals surface area contributed by atoms with Crippen molar-refractivity contribution in [1.29, 1.82) is 0 Å². The van der Waals surface area contributed by atoms with Gasteiger partial charge in [0.2, 0.25) is 5.91 Å². The lowest BCUT2D eigenvalue weighted by molar-refractivity contribution is -0.143. The van der Waals surface area contributed by atoms with Gasteiger partial charge in [-0.15, -0.1) is 0 Å². The fraction of sp³-hybridized carbons (Fsp3) is 0.844. The van der Waals surface area contributed by atoms with Crippen molar-refractivity contribution in [3.8, 4) is 0 Å². The average Bonchev–Trinajstić information content (AvgIpc) is 3.48. The van der Waals surface area contributed by atoms with E-state index >= 15 is 0 Å². The molecule has 0 aromatic carbocycles. The Hall–Kier alpha value is -2.44. The summed E-state index contributed by atoms with van der Waals surface area (Å²) < 4.78 is 5.50. The number of carbonyl (C=O) groups excluding carboxylic acids is 2. The Morgan fingerprint density at radius 2 is 0.602 bits per heavy atom. The summed E-state index contributed by atoms with van der Waals surface area (Å²) in [5, 5.41) is 23.2. The van der Waals surface area contributed by atoms with Gasteiger partial charge in [0.15, 0.2) is 0 Å². The molecule has 0 aliphatic carbocycles. The molecule has 0 bridgehead atoms. The maximum absolute atomic E-state index is 12.5. The Bertz CT molecular complexity index is 1430. The van der Waals surface area contributed by atoms with E-state index in [1.165, 1.54) is 308 Å². The first-order chi connectivity index (χ1) is 41.0. The van der Waals surface area contributed by atoms with Gasteiger partial charge in [-0.05, 0) is 96.3 Å². The van der Waals surface area contributed by atoms with Crippen LogP contribution in [0.1, 0.15) is 393 Å². The van der Waals surface area contributed by atoms with Crippen molar-refractivity contribution in [3.63, 3.8) is 0 Å². The van der Waals surface area contributed by atoms with Crippen LogP contribution in [0.15, 0.2) is 60.8 Å². The molecule has 6 heteroatoms. The van der Waals surface area contributed by atoms with E-state index in [-0.39, 0.29) is 18.5 Å². The van der Waals surface area contributed by atoms with Crippen LogP contribution in [-0.2, 0) is 14.3 Å². The maximum atomic E-state index is 12.5. The van der Waals surface area contributed by atoms with Crippen molar-refractivity contribution in [2.24, 2.45) is 0 Å². The number of amides is 1. The minimum Gasteiger partial charge on any atom is -0.466 e. The van der Waals surface area contributed by atoms with Gasteiger partial charge in [-0.2, -0.15) is 0 Å². The van der Waals surface area contributed by atoms with E-state index in [0.29, 0.717) is 19.4 Å². The molecule has 0 aliphatic rings. The van der Waals surface area contributed by atoms with Crippen LogP contribution in [0.3, 0.4) is 0 Å². The second-order valence-corrected chi connectivity index (χ2v) is 25.3. The van der Waals surface area contributed by atoms with Gasteiger partial charge >= 0.3 is 5.97 Å². The predicted octanol–water partition coefficient (Wildman–Crippen LogP) is 24.2. The number of allylic oxidation sites excluding steroid dienone is 9. The number of hydrogen-bond donors (Lipinski definition) is 3. The van der Waals surface area contributed by atoms with Crippen molar-refractivity contribution >= 4 is 11.9 Å². The summed E-state index contributed by atoms with van der Waals surface area (Å²) in [7, 11) is 0. The van der Waals surface area contributed by atoms with Crippen molar-refractivity contribution in [3.05, 3.63) is 60.8 Å². The third-order valence-electron chi connectivity index (χ3n) is 17.0. The summed E-state index contributed by atoms with van der Waals surface area (Å²) in [6.07, 6.45) is 96.0. The number of hydrogen-bond acceptors (Lipinski definition) is 5. The molecule has 2 unspecified atom stereocenters. The predicted molar refractivity (Wildman–Crippen MR) is 365 cm³/mol. The lowest BCUT2D eigenvalue weighted by atomic mass is 10.0. The molecule has 0 radical (unpaired) electrons. The van der Waals surface area contributed by atoms with Crippen molar-refractivity contribution in [1.82, 2.24) is 5.32 Å². The molecule has 0 aromatic rings. The van der Waals surface area contributed by atoms with Crippen molar-refractivity contribution in [2.75, 3.05) is 13.2 Å². The number of rotatable bonds is 69. The number of carbonyl (C=O) groups is 2. The van der Waals surface area contributed by atoms with Crippen LogP contribution >= 0.6 is 0 Å². The first-order valence-corrected chi connectivity index (χ1v) is 37.1. The maximum Gasteiger partial charge on any atom is 0.305 e. The lowest BCUT2D eigenvalue weighted by Crippen LogP contribution is -2.45. The minimum atomic E-state index is -0.844. The van der Waals surface area contributed by atoms with Crippen LogP contribution in [0.2, 0.25) is 0 Å². The molecular weight excluding hydrogens is 1020 g/mol. The molecule has 1 amide bonds. The molecule has 486 valence electrons. The van der Waals surface area contributed by atoms with Crippen LogP contribution < -0.4 is 5.32 Å². The molecule has 0 saturated heterocycles. The molecule has 0 aromatic heterocycles. The molecule has 0 saturated carbocycles. The highest BCUT2D eigenvalue weighted by atomic mass is 16.5. The van der Waals surface area contributed by atoms with E-state index in [1.807, 2.05) is 6.08 Å². The summed E-state index contributed by atoms with van der Waals surface area (Å²) >= 11 is 0. The summed E-state index contributed by atoms with van der Waals surface area (Å²) in [5.74, 6) is -0.0579. The van der Waals surface area contributed by atoms with Gasteiger partial charge in [0, 0.05) is 12.8 Å². The molecule has 0 spiro atoms. The van der Waals surface area contributed by atoms with Gasteiger partial charge in [-0.3, -0.25) is 9.59 Å². The molecule has 83 heavy (non-hydrogen) atoms. The average molecular weight is 1160 g/mol. The van der Waals surface area contributed by atoms with Crippen LogP contribution in [0.25, 0.3) is 0 Å². The van der Waals surface area contributed by atoms with Crippen LogP contribution in [0.5, 0.6) is 0 Å². The highest BCUT2D eigenvalue weighted by Gasteiger charge is 2.18. The fourth-order valence-electron chi connectivity index (χ4n) is 11.3. The SMILES string of the molecule is CCCCCC/C=C\C/C=C\CCCCCCCCCC(=O)OCCCCCCCCCCC/C=C\C/C=C\CCCCCCCCCCCCCCCCCCCC(=O)NC(CO)C(O)/C=C/CCCCCCCCCCCCCCC. The van der Waals surface area contributed by atoms with Gasteiger partial charge in [0.1, 0.15) is 0 Å². The van der Waals surface area contributed by atoms with Gasteiger partial charge in [-0.1, -0.05) is 344 Å². The molecule has 0 fully saturated rings. The van der Waals surface area contributed by atoms with E-state index in [9.17, 15) is 19.8 Å². The Labute approximate surface area is 518 Å². The van der Waals surface area contributed by atoms with Gasteiger partial charge < -0.3 is 20.3 Å². The molecular formula is C77H143NO5. The molecule has 3 N–H and O–H groups in total. The standard InChI is InChI=1S/C77H143NO5/c1-3-5-7-9-11-13-15-17-19-20-39-43-47-51-55-59-63-67-71-77(82)83-72-68-64-60-56-52-48-44-40-37-35-33-31-29-27-25-23-21-22-24-26-28-30-32-34-36-38-42-46-50-54-58-62-66-70-76(81)78-74(73-79)75(80)69-65-61-57-53-49-45-41-18-16-14-12-10-8-6-4-2/h13,15,19-20,25,27,31,33,65,69,74-75,79-80H,3-12,14,16-18,21-24,26,28-30,32,34-64,66-68,70-73H2,1-2H3,(H,78,81)/b15-13-,20-19-,27-25-,33-31-,69-65+. The zero-order valence-electron chi connectivity index (χ0n) is 55.7. The monoisotopic (exact) mass is 1160 g/mol. The number of unbranched alkanes of at least 4 members (excludes halogenated alkanes) is 50. The van der Waals surface area contributed by atoms with Crippen LogP contribution in [-0.4, -0.2) is 47.4 Å². The number of ether oxygens (including phenoxy) is 1. The molecule has 6 nitrogen and oxygen atoms in total. The van der Waals surface area contributed by atoms with E-state index < -0.39 is 12.1 Å². The second kappa shape index (κ2) is 72.0. The quantitative estimate of drug-likeness (QED) is 0.0320. The Morgan fingerprint density at radius 1 is 0.337 bits per heavy atom. The third kappa shape index (κ3) is 68.5. The largest absolute Gasteiger partial charge is 0.466 e. The number of esters is 1. The molecule has 0 heterocycles. The zero-order chi connectivity index (χ0) is 59.9. The topological polar surface area (TPSA) is 95.9 Å². The van der Waals surface area contributed by atoms with E-state index in [2.05, 4.69) is 67.8 Å². The summed E-state index contributed by atoms with van der Waals surface area (Å²) in [6, 6.07) is -0.627. The van der Waals surface area contributed by atoms with Gasteiger partial charge in [0.25, 0.3) is 0 Å². The lowest BCUT2D eigenvalue weighted by Gasteiger charge is -2.20. The fourth-order valence-corrected chi connectivity index (χ4v) is 11.3. The van der Waals surface area contributed by atoms with Crippen molar-refractivity contribution in [2.45, 2.75) is 405 Å². The Kier molecular flexibility index (Phi) is 69.9. The second-order valence-electron chi connectivity index (χ2n) is 25.3. The number of nitrogens with one attached hydrogen (secondary N) is 1. The highest BCUT2D eigenvalue weighted by Crippen LogP contribution is 2.18. The van der Waals surface area contributed by atoms with Crippen LogP contribution in [0.4, 0.5) is 0 Å². The Morgan fingerprint density at radius 3 is 0.928 bits per heavy atom. The first kappa shape index (κ1) is 80.6. The smallest absolute Gasteiger partial charge is 0.305 e. The third-order valence-corrected chi connectivity index (χ3v) is 17.0. The number of aliphatic hydroxyl groups excluding tert-OH is 2. The van der Waals surface area contributed by atoms with Crippen molar-refractivity contribution < 1.29 is 24.5 Å². The summed E-state index contributed by atoms with van der Waals surface area (Å²) in [5.41, 5.74) is 0. The summed E-state index contributed by atoms with van der Waals surface area (Å²) in [6.45, 7) is 4.90. The highest BCUT2D eigenvalue weighted by molar-refractivity contribution is 5.76. The van der Waals surface area contributed by atoms with E-state index in [1.54, 1.807) is 6.08 Å². The minimum absolute atomic E-state index is 0.00656. The Balaban J connectivity index is 3.39. The van der Waals surface area contributed by atoms with E-state index in [4.69, 9.17) is 4.74 Å². The molecule has 0 aliphatic heterocycles. The van der Waals surface area contributed by atoms with Gasteiger partial charge in [0.05, 0.1) is 25.4 Å². The van der Waals surface area contributed by atoms with Crippen LogP contribution in [0, 0.1) is 0 Å². The normalized spacial score (nSPS) is 12.9. The number of aliphatic hydroxyl groups is 2. The molecule has 2 atom stereocenters.